The van der Waals surface area contributed by atoms with E-state index >= 15 is 0 Å². The number of anilines is 2. The van der Waals surface area contributed by atoms with Gasteiger partial charge in [-0.2, -0.15) is 0 Å². The number of morpholine rings is 1. The van der Waals surface area contributed by atoms with Crippen LogP contribution in [0.1, 0.15) is 47.6 Å². The number of hydrogen-bond acceptors (Lipinski definition) is 9. The third kappa shape index (κ3) is 6.67. The van der Waals surface area contributed by atoms with Gasteiger partial charge in [0, 0.05) is 42.8 Å². The van der Waals surface area contributed by atoms with Crippen molar-refractivity contribution in [2.45, 2.75) is 31.7 Å². The molecule has 1 atom stereocenters. The molecule has 1 aromatic heterocycles. The smallest absolute Gasteiger partial charge is 0.269 e. The van der Waals surface area contributed by atoms with E-state index in [1.54, 1.807) is 18.2 Å². The summed E-state index contributed by atoms with van der Waals surface area (Å²) < 4.78 is 5.50. The minimum atomic E-state index is -0.555. The summed E-state index contributed by atoms with van der Waals surface area (Å²) >= 11 is 0. The van der Waals surface area contributed by atoms with Crippen molar-refractivity contribution < 1.29 is 14.3 Å². The molecule has 2 aromatic carbocycles. The van der Waals surface area contributed by atoms with E-state index in [-0.39, 0.29) is 24.1 Å². The molecule has 11 nitrogen and oxygen atoms in total. The number of primary amides is 1. The molecule has 1 unspecified atom stereocenters. The predicted octanol–water partition coefficient (Wildman–Crippen LogP) is 3.38. The highest BCUT2D eigenvalue weighted by molar-refractivity contribution is 6.44. The number of fused-ring (bicyclic) bond motifs is 1. The first-order valence-electron chi connectivity index (χ1n) is 13.5. The standard InChI is InChI=1S/C29H34N8O3/c30-23(18-7-8-18)16-24(31)29(39)35-20-4-1-3-19(15-20)25(9-10-37-11-13-40-14-12-37)36-28-22-6-2-5-21(27(32)38)26(22)33-17-34-28/h1-6,15,17-18,25,30-31H,7-14,16H2,(H2,32,38)(H,35,39)(H,33,34,36). The van der Waals surface area contributed by atoms with Crippen LogP contribution in [-0.4, -0.2) is 71.0 Å². The van der Waals surface area contributed by atoms with E-state index in [1.807, 2.05) is 24.3 Å². The number of nitrogens with one attached hydrogen (secondary N) is 4. The molecule has 5 rings (SSSR count). The van der Waals surface area contributed by atoms with Crippen LogP contribution in [0.25, 0.3) is 10.9 Å². The van der Waals surface area contributed by atoms with Gasteiger partial charge in [0.25, 0.3) is 11.8 Å². The Morgan fingerprint density at radius 3 is 2.62 bits per heavy atom. The number of nitrogens with two attached hydrogens (primary N) is 1. The van der Waals surface area contributed by atoms with E-state index in [2.05, 4.69) is 25.5 Å². The first-order chi connectivity index (χ1) is 19.4. The molecule has 1 saturated carbocycles. The SMILES string of the molecule is N=C(CC(=N)C1CC1)C(=O)Nc1cccc(C(CCN2CCOCC2)Nc2ncnc3c(C(N)=O)cccc23)c1. The van der Waals surface area contributed by atoms with E-state index in [0.717, 1.165) is 44.5 Å². The van der Waals surface area contributed by atoms with Crippen molar-refractivity contribution in [2.75, 3.05) is 43.5 Å². The van der Waals surface area contributed by atoms with Crippen molar-refractivity contribution in [2.24, 2.45) is 11.7 Å². The maximum atomic E-state index is 12.7. The van der Waals surface area contributed by atoms with Crippen molar-refractivity contribution in [3.05, 3.63) is 59.9 Å². The molecule has 0 spiro atoms. The van der Waals surface area contributed by atoms with Gasteiger partial charge in [0.15, 0.2) is 0 Å². The van der Waals surface area contributed by atoms with Gasteiger partial charge in [0.05, 0.1) is 30.3 Å². The maximum Gasteiger partial charge on any atom is 0.269 e. The maximum absolute atomic E-state index is 12.7. The lowest BCUT2D eigenvalue weighted by atomic mass is 10.0. The van der Waals surface area contributed by atoms with Crippen LogP contribution in [0.15, 0.2) is 48.8 Å². The highest BCUT2D eigenvalue weighted by Crippen LogP contribution is 2.31. The molecular formula is C29H34N8O3. The highest BCUT2D eigenvalue weighted by Gasteiger charge is 2.28. The Hall–Kier alpha value is -4.22. The molecule has 2 fully saturated rings. The van der Waals surface area contributed by atoms with Gasteiger partial charge in [0.1, 0.15) is 17.9 Å². The van der Waals surface area contributed by atoms with Crippen LogP contribution in [-0.2, 0) is 9.53 Å². The number of benzene rings is 2. The summed E-state index contributed by atoms with van der Waals surface area (Å²) in [6.45, 7) is 3.95. The van der Waals surface area contributed by atoms with Crippen molar-refractivity contribution >= 4 is 45.6 Å². The molecule has 2 aliphatic rings. The second-order valence-corrected chi connectivity index (χ2v) is 10.3. The number of carbonyl (C=O) groups is 2. The van der Waals surface area contributed by atoms with Crippen LogP contribution in [0, 0.1) is 16.7 Å². The molecule has 6 N–H and O–H groups in total. The molecule has 40 heavy (non-hydrogen) atoms. The fourth-order valence-electron chi connectivity index (χ4n) is 4.91. The second kappa shape index (κ2) is 12.3. The van der Waals surface area contributed by atoms with E-state index in [1.165, 1.54) is 6.33 Å². The van der Waals surface area contributed by atoms with E-state index in [9.17, 15) is 9.59 Å². The lowest BCUT2D eigenvalue weighted by Crippen LogP contribution is -2.37. The zero-order valence-corrected chi connectivity index (χ0v) is 22.3. The molecule has 208 valence electrons. The highest BCUT2D eigenvalue weighted by atomic mass is 16.5. The molecule has 2 amide bonds. The number of nitrogens with zero attached hydrogens (tertiary/aromatic N) is 3. The first-order valence-corrected chi connectivity index (χ1v) is 13.5. The predicted molar refractivity (Wildman–Crippen MR) is 154 cm³/mol. The number of carbonyl (C=O) groups excluding carboxylic acids is 2. The molecule has 3 aromatic rings. The summed E-state index contributed by atoms with van der Waals surface area (Å²) in [5.41, 5.74) is 8.24. The van der Waals surface area contributed by atoms with E-state index in [0.29, 0.717) is 46.9 Å². The summed E-state index contributed by atoms with van der Waals surface area (Å²) in [6, 6.07) is 12.6. The number of rotatable bonds is 12. The van der Waals surface area contributed by atoms with Gasteiger partial charge in [-0.25, -0.2) is 9.97 Å². The second-order valence-electron chi connectivity index (χ2n) is 10.3. The molecule has 2 heterocycles. The molecule has 1 saturated heterocycles. The van der Waals surface area contributed by atoms with Crippen LogP contribution < -0.4 is 16.4 Å². The van der Waals surface area contributed by atoms with Gasteiger partial charge >= 0.3 is 0 Å². The van der Waals surface area contributed by atoms with Crippen LogP contribution in [0.4, 0.5) is 11.5 Å². The molecular weight excluding hydrogens is 508 g/mol. The van der Waals surface area contributed by atoms with Gasteiger partial charge in [0.2, 0.25) is 0 Å². The minimum absolute atomic E-state index is 0.0774. The zero-order valence-electron chi connectivity index (χ0n) is 22.3. The Bertz CT molecular complexity index is 1430. The Balaban J connectivity index is 1.38. The Morgan fingerprint density at radius 2 is 1.88 bits per heavy atom. The van der Waals surface area contributed by atoms with Crippen LogP contribution in [0.3, 0.4) is 0 Å². The summed E-state index contributed by atoms with van der Waals surface area (Å²) in [4.78, 5) is 35.8. The number of ether oxygens (including phenoxy) is 1. The molecule has 1 aliphatic carbocycles. The van der Waals surface area contributed by atoms with Gasteiger partial charge in [-0.05, 0) is 55.0 Å². The summed E-state index contributed by atoms with van der Waals surface area (Å²) in [5.74, 6) is -0.247. The number of aromatic nitrogens is 2. The van der Waals surface area contributed by atoms with Crippen LogP contribution in [0.2, 0.25) is 0 Å². The fraction of sp³-hybridized carbons (Fsp3) is 0.379. The monoisotopic (exact) mass is 542 g/mol. The quantitative estimate of drug-likeness (QED) is 0.218. The molecule has 0 radical (unpaired) electrons. The first kappa shape index (κ1) is 27.4. The average molecular weight is 543 g/mol. The molecule has 1 aliphatic heterocycles. The topological polar surface area (TPSA) is 170 Å². The van der Waals surface area contributed by atoms with Crippen molar-refractivity contribution in [1.82, 2.24) is 14.9 Å². The normalized spacial score (nSPS) is 16.3. The largest absolute Gasteiger partial charge is 0.379 e. The van der Waals surface area contributed by atoms with Gasteiger partial charge < -0.3 is 26.5 Å². The Morgan fingerprint density at radius 1 is 1.10 bits per heavy atom. The van der Waals surface area contributed by atoms with Crippen LogP contribution >= 0.6 is 0 Å². The summed E-state index contributed by atoms with van der Waals surface area (Å²) in [6.07, 6.45) is 4.18. The fourth-order valence-corrected chi connectivity index (χ4v) is 4.91. The average Bonchev–Trinajstić information content (AvgIpc) is 3.81. The van der Waals surface area contributed by atoms with Gasteiger partial charge in [-0.3, -0.25) is 19.9 Å². The number of amides is 2. The third-order valence-corrected chi connectivity index (χ3v) is 7.34. The van der Waals surface area contributed by atoms with Crippen molar-refractivity contribution in [3.8, 4) is 0 Å². The van der Waals surface area contributed by atoms with Crippen LogP contribution in [0.5, 0.6) is 0 Å². The molecule has 11 heteroatoms. The number of hydrogen-bond donors (Lipinski definition) is 5. The number of para-hydroxylation sites is 1. The lowest BCUT2D eigenvalue weighted by Gasteiger charge is -2.29. The van der Waals surface area contributed by atoms with Crippen molar-refractivity contribution in [3.63, 3.8) is 0 Å². The van der Waals surface area contributed by atoms with Crippen molar-refractivity contribution in [1.29, 1.82) is 10.8 Å². The Kier molecular flexibility index (Phi) is 8.42. The third-order valence-electron chi connectivity index (χ3n) is 7.34. The summed E-state index contributed by atoms with van der Waals surface area (Å²) in [7, 11) is 0. The van der Waals surface area contributed by atoms with E-state index in [4.69, 9.17) is 21.3 Å². The lowest BCUT2D eigenvalue weighted by molar-refractivity contribution is -0.110. The molecule has 0 bridgehead atoms. The van der Waals surface area contributed by atoms with E-state index < -0.39 is 11.8 Å². The Labute approximate surface area is 232 Å². The summed E-state index contributed by atoms with van der Waals surface area (Å²) in [5, 5.41) is 23.3. The zero-order chi connectivity index (χ0) is 28.1. The van der Waals surface area contributed by atoms with Gasteiger partial charge in [-0.1, -0.05) is 18.2 Å². The van der Waals surface area contributed by atoms with Gasteiger partial charge in [-0.15, -0.1) is 0 Å². The minimum Gasteiger partial charge on any atom is -0.379 e.